The number of aromatic nitrogens is 4. The number of hydrogen-bond acceptors (Lipinski definition) is 9. The molecule has 1 unspecified atom stereocenters. The van der Waals surface area contributed by atoms with Crippen molar-refractivity contribution in [3.8, 4) is 22.4 Å². The van der Waals surface area contributed by atoms with Crippen LogP contribution in [0, 0.1) is 11.8 Å². The van der Waals surface area contributed by atoms with Crippen molar-refractivity contribution in [3.05, 3.63) is 120 Å². The van der Waals surface area contributed by atoms with Crippen LogP contribution in [-0.4, -0.2) is 99.8 Å². The smallest absolute Gasteiger partial charge is 0.407 e. The molecule has 68 heavy (non-hydrogen) atoms. The Kier molecular flexibility index (Phi) is 11.5. The number of nitrogens with zero attached hydrogens (tertiary/aromatic N) is 4. The Labute approximate surface area is 392 Å². The highest BCUT2D eigenvalue weighted by Crippen LogP contribution is 2.51. The van der Waals surface area contributed by atoms with Gasteiger partial charge in [0.25, 0.3) is 5.91 Å². The van der Waals surface area contributed by atoms with Crippen molar-refractivity contribution < 1.29 is 33.4 Å². The number of ether oxygens (including phenoxy) is 3. The van der Waals surface area contributed by atoms with Crippen LogP contribution in [0.5, 0.6) is 0 Å². The lowest BCUT2D eigenvalue weighted by Gasteiger charge is -2.36. The molecule has 2 bridgehead atoms. The first-order chi connectivity index (χ1) is 33.2. The van der Waals surface area contributed by atoms with E-state index < -0.39 is 24.3 Å². The molecule has 2 aromatic heterocycles. The third kappa shape index (κ3) is 7.97. The maximum Gasteiger partial charge on any atom is 0.407 e. The van der Waals surface area contributed by atoms with E-state index in [1.165, 1.54) is 14.2 Å². The molecular weight excluding hydrogens is 861 g/mol. The van der Waals surface area contributed by atoms with E-state index in [-0.39, 0.29) is 41.8 Å². The number of carbonyl (C=O) groups excluding carboxylic acids is 4. The van der Waals surface area contributed by atoms with Crippen molar-refractivity contribution in [2.24, 2.45) is 11.8 Å². The van der Waals surface area contributed by atoms with E-state index in [0.717, 1.165) is 98.7 Å². The van der Waals surface area contributed by atoms with Crippen LogP contribution in [0.25, 0.3) is 55.0 Å². The molecule has 15 heteroatoms. The third-order valence-corrected chi connectivity index (χ3v) is 14.8. The summed E-state index contributed by atoms with van der Waals surface area (Å²) >= 11 is 0. The number of hydrogen-bond donors (Lipinski definition) is 4. The zero-order chi connectivity index (χ0) is 46.5. The molecular formula is C53H54N8O7. The van der Waals surface area contributed by atoms with Crippen molar-refractivity contribution in [3.63, 3.8) is 0 Å². The normalized spacial score (nSPS) is 21.3. The van der Waals surface area contributed by atoms with Crippen molar-refractivity contribution in [2.75, 3.05) is 34.0 Å². The average molecular weight is 915 g/mol. The third-order valence-electron chi connectivity index (χ3n) is 14.8. The first-order valence-corrected chi connectivity index (χ1v) is 23.7. The first-order valence-electron chi connectivity index (χ1n) is 23.7. The Bertz CT molecular complexity index is 3050. The highest BCUT2D eigenvalue weighted by Gasteiger charge is 2.51. The number of likely N-dealkylation sites (tertiary alicyclic amines) is 2. The predicted molar refractivity (Wildman–Crippen MR) is 256 cm³/mol. The Hall–Kier alpha value is -7.26. The molecule has 5 aromatic carbocycles. The number of amides is 4. The molecule has 4 amide bonds. The number of H-pyrrole nitrogens is 2. The van der Waals surface area contributed by atoms with Crippen LogP contribution in [0.3, 0.4) is 0 Å². The molecule has 4 N–H and O–H groups in total. The Morgan fingerprint density at radius 1 is 0.735 bits per heavy atom. The summed E-state index contributed by atoms with van der Waals surface area (Å²) in [5, 5.41) is 9.90. The summed E-state index contributed by atoms with van der Waals surface area (Å²) in [6.45, 7) is 1.70. The molecule has 0 spiro atoms. The Morgan fingerprint density at radius 2 is 1.44 bits per heavy atom. The molecule has 3 saturated heterocycles. The second-order valence-corrected chi connectivity index (χ2v) is 18.6. The van der Waals surface area contributed by atoms with Gasteiger partial charge in [0, 0.05) is 36.8 Å². The molecule has 348 valence electrons. The summed E-state index contributed by atoms with van der Waals surface area (Å²) in [4.78, 5) is 74.3. The predicted octanol–water partition coefficient (Wildman–Crippen LogP) is 8.89. The number of methoxy groups -OCH3 is 2. The van der Waals surface area contributed by atoms with Gasteiger partial charge in [0.1, 0.15) is 23.7 Å². The summed E-state index contributed by atoms with van der Waals surface area (Å²) in [5.41, 5.74) is 6.51. The minimum Gasteiger partial charge on any atom is -0.453 e. The van der Waals surface area contributed by atoms with Crippen LogP contribution in [0.15, 0.2) is 103 Å². The lowest BCUT2D eigenvalue weighted by atomic mass is 9.90. The second kappa shape index (κ2) is 18.1. The topological polar surface area (TPSA) is 184 Å². The van der Waals surface area contributed by atoms with Gasteiger partial charge in [0.15, 0.2) is 0 Å². The number of alkyl carbamates (subject to hydrolysis) is 2. The molecule has 0 radical (unpaired) electrons. The van der Waals surface area contributed by atoms with Crippen molar-refractivity contribution in [2.45, 2.75) is 75.2 Å². The van der Waals surface area contributed by atoms with Crippen molar-refractivity contribution >= 4 is 56.6 Å². The number of fused-ring (bicyclic) bond motifs is 6. The molecule has 11 rings (SSSR count). The van der Waals surface area contributed by atoms with Gasteiger partial charge in [-0.05, 0) is 114 Å². The highest BCUT2D eigenvalue weighted by atomic mass is 16.5. The number of carbonyl (C=O) groups is 4. The fourth-order valence-corrected chi connectivity index (χ4v) is 11.4. The fourth-order valence-electron chi connectivity index (χ4n) is 11.4. The Morgan fingerprint density at radius 3 is 2.22 bits per heavy atom. The number of imidazole rings is 2. The molecule has 6 atom stereocenters. The number of rotatable bonds is 10. The van der Waals surface area contributed by atoms with Crippen LogP contribution in [0.4, 0.5) is 9.59 Å². The van der Waals surface area contributed by atoms with Gasteiger partial charge in [-0.1, -0.05) is 72.8 Å². The molecule has 15 nitrogen and oxygen atoms in total. The summed E-state index contributed by atoms with van der Waals surface area (Å²) < 4.78 is 15.4. The van der Waals surface area contributed by atoms with E-state index in [0.29, 0.717) is 38.2 Å². The SMILES string of the molecule is COC(=O)N[C@H](C(=O)N1CCC[C@H]1c1nc2c(ccc3cc(-c4ccc5cc(-c6cnc(C7[C@H]8CC[C@H](C8)N7C(=O)[C@H](NC(=O)OC)c7ccccc7)[nH]6)ccc5c4)ccc32)[nH]1)C1CCOCC1. The lowest BCUT2D eigenvalue weighted by Crippen LogP contribution is -2.53. The van der Waals surface area contributed by atoms with Gasteiger partial charge in [-0.25, -0.2) is 19.6 Å². The van der Waals surface area contributed by atoms with E-state index in [1.807, 2.05) is 46.3 Å². The van der Waals surface area contributed by atoms with E-state index in [9.17, 15) is 19.2 Å². The van der Waals surface area contributed by atoms with Crippen LogP contribution in [-0.2, 0) is 23.8 Å². The minimum absolute atomic E-state index is 0.0358. The maximum absolute atomic E-state index is 14.4. The van der Waals surface area contributed by atoms with Crippen LogP contribution in [0.1, 0.15) is 80.3 Å². The van der Waals surface area contributed by atoms with Gasteiger partial charge >= 0.3 is 12.2 Å². The summed E-state index contributed by atoms with van der Waals surface area (Å²) in [7, 11) is 2.62. The zero-order valence-electron chi connectivity index (χ0n) is 38.1. The van der Waals surface area contributed by atoms with Crippen molar-refractivity contribution in [1.29, 1.82) is 0 Å². The van der Waals surface area contributed by atoms with Gasteiger partial charge in [-0.15, -0.1) is 0 Å². The zero-order valence-corrected chi connectivity index (χ0v) is 38.1. The Balaban J connectivity index is 0.818. The summed E-state index contributed by atoms with van der Waals surface area (Å²) in [6.07, 6.45) is 6.42. The first kappa shape index (κ1) is 43.3. The molecule has 1 saturated carbocycles. The van der Waals surface area contributed by atoms with E-state index in [1.54, 1.807) is 0 Å². The van der Waals surface area contributed by atoms with Crippen molar-refractivity contribution in [1.82, 2.24) is 40.4 Å². The molecule has 4 fully saturated rings. The van der Waals surface area contributed by atoms with E-state index in [4.69, 9.17) is 24.2 Å². The average Bonchev–Trinajstić information content (AvgIpc) is 4.26. The molecule has 7 aromatic rings. The fraction of sp³-hybridized carbons (Fsp3) is 0.358. The largest absolute Gasteiger partial charge is 0.453 e. The quantitative estimate of drug-likeness (QED) is 0.104. The summed E-state index contributed by atoms with van der Waals surface area (Å²) in [5.74, 6) is 1.45. The number of piperidine rings is 1. The van der Waals surface area contributed by atoms with Crippen LogP contribution in [0.2, 0.25) is 0 Å². The highest BCUT2D eigenvalue weighted by molar-refractivity contribution is 6.06. The van der Waals surface area contributed by atoms with Crippen LogP contribution >= 0.6 is 0 Å². The molecule has 4 aliphatic rings. The monoisotopic (exact) mass is 914 g/mol. The molecule has 1 aliphatic carbocycles. The summed E-state index contributed by atoms with van der Waals surface area (Å²) in [6, 6.07) is 30.9. The molecule has 3 aliphatic heterocycles. The number of aromatic amines is 2. The van der Waals surface area contributed by atoms with Gasteiger partial charge in [0.2, 0.25) is 5.91 Å². The minimum atomic E-state index is -0.880. The van der Waals surface area contributed by atoms with Crippen LogP contribution < -0.4 is 10.6 Å². The van der Waals surface area contributed by atoms with E-state index >= 15 is 0 Å². The van der Waals surface area contributed by atoms with Gasteiger partial charge in [-0.3, -0.25) is 9.59 Å². The second-order valence-electron chi connectivity index (χ2n) is 18.6. The van der Waals surface area contributed by atoms with Gasteiger partial charge in [0.05, 0.1) is 49.2 Å². The van der Waals surface area contributed by atoms with E-state index in [2.05, 4.69) is 87.3 Å². The molecule has 5 heterocycles. The van der Waals surface area contributed by atoms with Gasteiger partial charge in [-0.2, -0.15) is 0 Å². The lowest BCUT2D eigenvalue weighted by molar-refractivity contribution is -0.138. The standard InChI is InChI=1S/C53H54N8O7/c1-66-52(64)58-44(31-20-23-68-24-21-31)50(62)60-22-6-9-43(60)48-55-41-19-16-36-26-35(15-18-40(36)46(41)57-48)32-10-11-34-27-37(13-12-33(34)25-32)42-29-54-49(56-42)47-38-14-17-39(28-38)61(47)51(63)45(59-53(65)67-2)30-7-4-3-5-8-30/h3-5,7-8,10-13,15-16,18-19,25-27,29,31,38-39,43-45,47H,6,9,14,17,20-24,28H2,1-2H3,(H,54,56)(H,55,57)(H,58,64)(H,59,65)/t38-,39+,43-,44-,45+,47?/m0/s1. The number of nitrogens with one attached hydrogen (secondary N) is 4. The van der Waals surface area contributed by atoms with Gasteiger partial charge < -0.3 is 44.6 Å². The number of benzene rings is 5. The maximum atomic E-state index is 14.4.